The van der Waals surface area contributed by atoms with Crippen LogP contribution in [-0.2, 0) is 9.59 Å². The van der Waals surface area contributed by atoms with Crippen LogP contribution in [0.5, 0.6) is 0 Å². The van der Waals surface area contributed by atoms with Gasteiger partial charge in [0, 0.05) is 35.2 Å². The second-order valence-corrected chi connectivity index (χ2v) is 5.60. The fraction of sp³-hybridized carbons (Fsp3) is 0.176. The second-order valence-electron chi connectivity index (χ2n) is 5.60. The molecule has 1 saturated heterocycles. The summed E-state index contributed by atoms with van der Waals surface area (Å²) in [5, 5.41) is 11.9. The van der Waals surface area contributed by atoms with Crippen LogP contribution in [0.3, 0.4) is 0 Å². The fourth-order valence-electron chi connectivity index (χ4n) is 3.31. The number of piperidine rings is 1. The third kappa shape index (κ3) is 1.95. The minimum absolute atomic E-state index is 0.236. The average Bonchev–Trinajstić information content (AvgIpc) is 2.90. The summed E-state index contributed by atoms with van der Waals surface area (Å²) in [6.45, 7) is 0. The molecule has 1 fully saturated rings. The van der Waals surface area contributed by atoms with E-state index in [4.69, 9.17) is 5.41 Å². The van der Waals surface area contributed by atoms with Crippen molar-refractivity contribution < 1.29 is 9.59 Å². The lowest BCUT2D eigenvalue weighted by molar-refractivity contribution is -0.135. The van der Waals surface area contributed by atoms with Crippen LogP contribution in [0.1, 0.15) is 24.4 Å². The van der Waals surface area contributed by atoms with Gasteiger partial charge in [0.1, 0.15) is 11.7 Å². The molecule has 1 unspecified atom stereocenters. The molecule has 0 aliphatic carbocycles. The molecule has 3 heterocycles. The summed E-state index contributed by atoms with van der Waals surface area (Å²) < 4.78 is 1.89. The minimum atomic E-state index is -0.469. The number of pyridine rings is 1. The fourth-order valence-corrected chi connectivity index (χ4v) is 3.31. The normalized spacial score (nSPS) is 18.3. The van der Waals surface area contributed by atoms with Crippen molar-refractivity contribution >= 4 is 40.0 Å². The number of imide groups is 1. The molecule has 0 spiro atoms. The van der Waals surface area contributed by atoms with Gasteiger partial charge in [-0.05, 0) is 24.6 Å². The zero-order valence-corrected chi connectivity index (χ0v) is 12.2. The number of hydrogen-bond donors (Lipinski definition) is 2. The van der Waals surface area contributed by atoms with Crippen LogP contribution in [-0.4, -0.2) is 27.6 Å². The SMILES string of the molecule is N=Cc1cccc2c1c1cccnc1n2C1CCC(=O)NC1=O. The van der Waals surface area contributed by atoms with Crippen LogP contribution >= 0.6 is 0 Å². The first-order chi connectivity index (χ1) is 11.2. The highest BCUT2D eigenvalue weighted by Crippen LogP contribution is 2.34. The molecule has 1 aromatic carbocycles. The van der Waals surface area contributed by atoms with Crippen molar-refractivity contribution in [1.82, 2.24) is 14.9 Å². The lowest BCUT2D eigenvalue weighted by Gasteiger charge is -2.23. The van der Waals surface area contributed by atoms with Gasteiger partial charge in [-0.1, -0.05) is 12.1 Å². The molecule has 1 aliphatic rings. The van der Waals surface area contributed by atoms with E-state index in [1.807, 2.05) is 34.9 Å². The lowest BCUT2D eigenvalue weighted by atomic mass is 10.1. The van der Waals surface area contributed by atoms with Gasteiger partial charge in [0.2, 0.25) is 11.8 Å². The van der Waals surface area contributed by atoms with Gasteiger partial charge in [-0.15, -0.1) is 0 Å². The van der Waals surface area contributed by atoms with Crippen LogP contribution < -0.4 is 5.32 Å². The molecule has 0 bridgehead atoms. The summed E-state index contributed by atoms with van der Waals surface area (Å²) in [6.07, 6.45) is 3.76. The third-order valence-electron chi connectivity index (χ3n) is 4.30. The number of nitrogens with one attached hydrogen (secondary N) is 2. The number of carbonyl (C=O) groups is 2. The molecule has 2 N–H and O–H groups in total. The van der Waals surface area contributed by atoms with E-state index in [1.54, 1.807) is 6.20 Å². The van der Waals surface area contributed by atoms with Gasteiger partial charge in [-0.25, -0.2) is 4.98 Å². The topological polar surface area (TPSA) is 87.8 Å². The molecule has 0 radical (unpaired) electrons. The van der Waals surface area contributed by atoms with E-state index in [9.17, 15) is 9.59 Å². The molecule has 1 atom stereocenters. The smallest absolute Gasteiger partial charge is 0.249 e. The maximum absolute atomic E-state index is 12.3. The van der Waals surface area contributed by atoms with Crippen molar-refractivity contribution in [2.45, 2.75) is 18.9 Å². The quantitative estimate of drug-likeness (QED) is 0.562. The zero-order valence-electron chi connectivity index (χ0n) is 12.2. The van der Waals surface area contributed by atoms with Crippen LogP contribution in [0.25, 0.3) is 21.9 Å². The predicted octanol–water partition coefficient (Wildman–Crippen LogP) is 2.16. The first-order valence-electron chi connectivity index (χ1n) is 7.42. The van der Waals surface area contributed by atoms with Crippen molar-refractivity contribution in [1.29, 1.82) is 5.41 Å². The molecule has 114 valence electrons. The van der Waals surface area contributed by atoms with E-state index in [0.717, 1.165) is 21.9 Å². The standard InChI is InChI=1S/C17H14N4O2/c18-9-10-3-1-5-12-15(10)11-4-2-8-19-16(11)21(12)13-6-7-14(22)20-17(13)23/h1-5,8-9,13,18H,6-7H2,(H,20,22,23). The summed E-state index contributed by atoms with van der Waals surface area (Å²) in [5.74, 6) is -0.536. The summed E-state index contributed by atoms with van der Waals surface area (Å²) in [5.41, 5.74) is 2.34. The minimum Gasteiger partial charge on any atom is -0.313 e. The van der Waals surface area contributed by atoms with Gasteiger partial charge >= 0.3 is 0 Å². The zero-order chi connectivity index (χ0) is 16.0. The highest BCUT2D eigenvalue weighted by Gasteiger charge is 2.31. The number of aromatic nitrogens is 2. The molecule has 6 nitrogen and oxygen atoms in total. The predicted molar refractivity (Wildman–Crippen MR) is 86.5 cm³/mol. The summed E-state index contributed by atoms with van der Waals surface area (Å²) in [4.78, 5) is 28.2. The first kappa shape index (κ1) is 13.6. The molecule has 6 heteroatoms. The Bertz CT molecular complexity index is 973. The largest absolute Gasteiger partial charge is 0.313 e. The van der Waals surface area contributed by atoms with E-state index < -0.39 is 6.04 Å². The van der Waals surface area contributed by atoms with E-state index >= 15 is 0 Å². The van der Waals surface area contributed by atoms with Gasteiger partial charge in [0.25, 0.3) is 0 Å². The first-order valence-corrected chi connectivity index (χ1v) is 7.42. The van der Waals surface area contributed by atoms with Gasteiger partial charge in [-0.2, -0.15) is 0 Å². The van der Waals surface area contributed by atoms with Gasteiger partial charge in [0.05, 0.1) is 5.52 Å². The van der Waals surface area contributed by atoms with Crippen LogP contribution in [0.4, 0.5) is 0 Å². The summed E-state index contributed by atoms with van der Waals surface area (Å²) in [7, 11) is 0. The molecule has 0 saturated carbocycles. The van der Waals surface area contributed by atoms with Crippen molar-refractivity contribution in [3.63, 3.8) is 0 Å². The van der Waals surface area contributed by atoms with E-state index in [1.165, 1.54) is 6.21 Å². The molecule has 4 rings (SSSR count). The monoisotopic (exact) mass is 306 g/mol. The maximum Gasteiger partial charge on any atom is 0.249 e. The van der Waals surface area contributed by atoms with Crippen LogP contribution in [0.15, 0.2) is 36.5 Å². The van der Waals surface area contributed by atoms with Crippen molar-refractivity contribution in [2.24, 2.45) is 0 Å². The van der Waals surface area contributed by atoms with Gasteiger partial charge < -0.3 is 9.98 Å². The number of rotatable bonds is 2. The lowest BCUT2D eigenvalue weighted by Crippen LogP contribution is -2.41. The highest BCUT2D eigenvalue weighted by molar-refractivity contribution is 6.14. The molecule has 1 aliphatic heterocycles. The van der Waals surface area contributed by atoms with Crippen LogP contribution in [0.2, 0.25) is 0 Å². The Morgan fingerprint density at radius 3 is 2.91 bits per heavy atom. The Morgan fingerprint density at radius 2 is 2.13 bits per heavy atom. The Kier molecular flexibility index (Phi) is 2.97. The third-order valence-corrected chi connectivity index (χ3v) is 4.30. The number of amides is 2. The summed E-state index contributed by atoms with van der Waals surface area (Å²) >= 11 is 0. The highest BCUT2D eigenvalue weighted by atomic mass is 16.2. The number of fused-ring (bicyclic) bond motifs is 3. The molecular formula is C17H14N4O2. The summed E-state index contributed by atoms with van der Waals surface area (Å²) in [6, 6.07) is 8.98. The average molecular weight is 306 g/mol. The Hall–Kier alpha value is -3.02. The Labute approximate surface area is 131 Å². The number of nitrogens with zero attached hydrogens (tertiary/aromatic N) is 2. The van der Waals surface area contributed by atoms with E-state index in [0.29, 0.717) is 18.5 Å². The Balaban J connectivity index is 2.07. The second kappa shape index (κ2) is 5.01. The number of carbonyl (C=O) groups excluding carboxylic acids is 2. The maximum atomic E-state index is 12.3. The van der Waals surface area contributed by atoms with Gasteiger partial charge in [-0.3, -0.25) is 14.9 Å². The molecule has 23 heavy (non-hydrogen) atoms. The van der Waals surface area contributed by atoms with Crippen LogP contribution in [0, 0.1) is 5.41 Å². The van der Waals surface area contributed by atoms with Crippen molar-refractivity contribution in [2.75, 3.05) is 0 Å². The molecular weight excluding hydrogens is 292 g/mol. The Morgan fingerprint density at radius 1 is 1.26 bits per heavy atom. The van der Waals surface area contributed by atoms with Crippen molar-refractivity contribution in [3.8, 4) is 0 Å². The number of benzene rings is 1. The number of hydrogen-bond acceptors (Lipinski definition) is 4. The molecule has 3 aromatic rings. The molecule has 2 aromatic heterocycles. The molecule has 2 amide bonds. The van der Waals surface area contributed by atoms with Crippen molar-refractivity contribution in [3.05, 3.63) is 42.1 Å². The van der Waals surface area contributed by atoms with Gasteiger partial charge in [0.15, 0.2) is 0 Å². The van der Waals surface area contributed by atoms with E-state index in [2.05, 4.69) is 10.3 Å². The van der Waals surface area contributed by atoms with E-state index in [-0.39, 0.29) is 11.8 Å².